The molecule has 23 heavy (non-hydrogen) atoms. The lowest BCUT2D eigenvalue weighted by Crippen LogP contribution is -2.39. The van der Waals surface area contributed by atoms with Gasteiger partial charge in [-0.3, -0.25) is 0 Å². The summed E-state index contributed by atoms with van der Waals surface area (Å²) in [5.41, 5.74) is 13.0. The van der Waals surface area contributed by atoms with Crippen LogP contribution in [0.15, 0.2) is 53.4 Å². The number of hydrogen-bond acceptors (Lipinski definition) is 4. The predicted molar refractivity (Wildman–Crippen MR) is 92.3 cm³/mol. The fourth-order valence-corrected chi connectivity index (χ4v) is 5.61. The molecule has 1 fully saturated rings. The first-order chi connectivity index (χ1) is 10.8. The van der Waals surface area contributed by atoms with E-state index in [4.69, 9.17) is 23.1 Å². The average molecular weight is 351 g/mol. The molecule has 4 nitrogen and oxygen atoms in total. The molecule has 4 N–H and O–H groups in total. The predicted octanol–water partition coefficient (Wildman–Crippen LogP) is 2.24. The topological polar surface area (TPSA) is 86.2 Å². The molecule has 0 amide bonds. The molecular formula is C17H19ClN2O2S. The lowest BCUT2D eigenvalue weighted by molar-refractivity contribution is 0.586. The fourth-order valence-electron chi connectivity index (χ4n) is 3.16. The SMILES string of the molecule is Cc1ccc(S(=O)(=O)[C@@H]2[C@@H](c3ccc(Cl)cc3)[C@]2(N)CN)cc1. The molecule has 0 radical (unpaired) electrons. The summed E-state index contributed by atoms with van der Waals surface area (Å²) in [6.07, 6.45) is 0. The molecule has 122 valence electrons. The van der Waals surface area contributed by atoms with Gasteiger partial charge in [0.05, 0.1) is 15.7 Å². The van der Waals surface area contributed by atoms with E-state index in [1.165, 1.54) is 0 Å². The number of halogens is 1. The third-order valence-corrected chi connectivity index (χ3v) is 7.13. The molecule has 2 aromatic rings. The summed E-state index contributed by atoms with van der Waals surface area (Å²) < 4.78 is 25.9. The van der Waals surface area contributed by atoms with Crippen LogP contribution in [0.1, 0.15) is 17.0 Å². The van der Waals surface area contributed by atoms with Crippen LogP contribution in [0.3, 0.4) is 0 Å². The molecule has 0 heterocycles. The van der Waals surface area contributed by atoms with E-state index in [-0.39, 0.29) is 17.4 Å². The highest BCUT2D eigenvalue weighted by Gasteiger charge is 2.68. The zero-order valence-corrected chi connectivity index (χ0v) is 14.3. The second-order valence-electron chi connectivity index (χ2n) is 6.12. The summed E-state index contributed by atoms with van der Waals surface area (Å²) in [5.74, 6) is -0.323. The Morgan fingerprint density at radius 3 is 2.17 bits per heavy atom. The van der Waals surface area contributed by atoms with E-state index in [0.29, 0.717) is 5.02 Å². The number of aryl methyl sites for hydroxylation is 1. The van der Waals surface area contributed by atoms with Gasteiger partial charge in [0.15, 0.2) is 9.84 Å². The van der Waals surface area contributed by atoms with Gasteiger partial charge >= 0.3 is 0 Å². The van der Waals surface area contributed by atoms with Crippen molar-refractivity contribution < 1.29 is 8.42 Å². The van der Waals surface area contributed by atoms with Crippen molar-refractivity contribution >= 4 is 21.4 Å². The lowest BCUT2D eigenvalue weighted by Gasteiger charge is -2.09. The molecule has 3 atom stereocenters. The van der Waals surface area contributed by atoms with Crippen molar-refractivity contribution in [2.75, 3.05) is 6.54 Å². The maximum Gasteiger partial charge on any atom is 0.183 e. The lowest BCUT2D eigenvalue weighted by atomic mass is 10.1. The molecule has 1 aliphatic carbocycles. The molecule has 0 unspecified atom stereocenters. The summed E-state index contributed by atoms with van der Waals surface area (Å²) in [5, 5.41) is -0.119. The Morgan fingerprint density at radius 1 is 1.09 bits per heavy atom. The van der Waals surface area contributed by atoms with Gasteiger partial charge in [0, 0.05) is 17.5 Å². The number of sulfone groups is 1. The van der Waals surface area contributed by atoms with Crippen LogP contribution in [0.25, 0.3) is 0 Å². The maximum absolute atomic E-state index is 13.0. The van der Waals surface area contributed by atoms with E-state index in [1.54, 1.807) is 36.4 Å². The third kappa shape index (κ3) is 2.68. The van der Waals surface area contributed by atoms with E-state index >= 15 is 0 Å². The van der Waals surface area contributed by atoms with Crippen molar-refractivity contribution in [1.82, 2.24) is 0 Å². The van der Waals surface area contributed by atoms with Crippen molar-refractivity contribution in [2.45, 2.75) is 28.5 Å². The van der Waals surface area contributed by atoms with Gasteiger partial charge in [-0.25, -0.2) is 8.42 Å². The van der Waals surface area contributed by atoms with Gasteiger partial charge in [-0.2, -0.15) is 0 Å². The van der Waals surface area contributed by atoms with Gasteiger partial charge in [-0.15, -0.1) is 0 Å². The van der Waals surface area contributed by atoms with Crippen LogP contribution in [0.4, 0.5) is 0 Å². The van der Waals surface area contributed by atoms with E-state index in [9.17, 15) is 8.42 Å². The normalized spacial score (nSPS) is 27.0. The molecule has 0 saturated heterocycles. The quantitative estimate of drug-likeness (QED) is 0.885. The van der Waals surface area contributed by atoms with Crippen LogP contribution < -0.4 is 11.5 Å². The fraction of sp³-hybridized carbons (Fsp3) is 0.294. The highest BCUT2D eigenvalue weighted by atomic mass is 35.5. The highest BCUT2D eigenvalue weighted by Crippen LogP contribution is 2.55. The minimum absolute atomic E-state index is 0.107. The first-order valence-corrected chi connectivity index (χ1v) is 9.28. The monoisotopic (exact) mass is 350 g/mol. The summed E-state index contributed by atoms with van der Waals surface area (Å²) in [6.45, 7) is 2.02. The summed E-state index contributed by atoms with van der Waals surface area (Å²) >= 11 is 5.90. The van der Waals surface area contributed by atoms with Gasteiger partial charge in [0.1, 0.15) is 0 Å². The maximum atomic E-state index is 13.0. The van der Waals surface area contributed by atoms with Crippen LogP contribution >= 0.6 is 11.6 Å². The van der Waals surface area contributed by atoms with Crippen LogP contribution in [0.2, 0.25) is 5.02 Å². The van der Waals surface area contributed by atoms with E-state index in [2.05, 4.69) is 0 Å². The summed E-state index contributed by atoms with van der Waals surface area (Å²) in [7, 11) is -3.55. The van der Waals surface area contributed by atoms with Crippen molar-refractivity contribution in [3.63, 3.8) is 0 Å². The number of rotatable bonds is 4. The average Bonchev–Trinajstić information content (AvgIpc) is 3.16. The molecule has 0 aliphatic heterocycles. The molecule has 6 heteroatoms. The molecule has 1 saturated carbocycles. The largest absolute Gasteiger partial charge is 0.329 e. The summed E-state index contributed by atoms with van der Waals surface area (Å²) in [4.78, 5) is 0.285. The van der Waals surface area contributed by atoms with Crippen LogP contribution in [-0.4, -0.2) is 25.8 Å². The summed E-state index contributed by atoms with van der Waals surface area (Å²) in [6, 6.07) is 13.9. The Bertz CT molecular complexity index is 819. The Labute approximate surface area is 141 Å². The van der Waals surface area contributed by atoms with Crippen LogP contribution in [0, 0.1) is 6.92 Å². The number of nitrogens with two attached hydrogens (primary N) is 2. The van der Waals surface area contributed by atoms with Gasteiger partial charge in [0.25, 0.3) is 0 Å². The minimum Gasteiger partial charge on any atom is -0.329 e. The first kappa shape index (κ1) is 16.5. The van der Waals surface area contributed by atoms with Crippen molar-refractivity contribution in [3.05, 3.63) is 64.7 Å². The second kappa shape index (κ2) is 5.60. The van der Waals surface area contributed by atoms with Gasteiger partial charge in [-0.05, 0) is 36.8 Å². The Kier molecular flexibility index (Phi) is 4.01. The molecule has 0 aromatic heterocycles. The van der Waals surface area contributed by atoms with Crippen molar-refractivity contribution in [1.29, 1.82) is 0 Å². The molecule has 1 aliphatic rings. The first-order valence-electron chi connectivity index (χ1n) is 7.35. The molecular weight excluding hydrogens is 332 g/mol. The van der Waals surface area contributed by atoms with Crippen molar-refractivity contribution in [2.24, 2.45) is 11.5 Å². The number of hydrogen-bond donors (Lipinski definition) is 2. The number of benzene rings is 2. The Hall–Kier alpha value is -1.40. The molecule has 0 bridgehead atoms. The smallest absolute Gasteiger partial charge is 0.183 e. The highest BCUT2D eigenvalue weighted by molar-refractivity contribution is 7.92. The van der Waals surface area contributed by atoms with Crippen LogP contribution in [-0.2, 0) is 9.84 Å². The van der Waals surface area contributed by atoms with Gasteiger partial charge in [-0.1, -0.05) is 41.4 Å². The van der Waals surface area contributed by atoms with E-state index < -0.39 is 20.6 Å². The Balaban J connectivity index is 2.01. The van der Waals surface area contributed by atoms with Crippen LogP contribution in [0.5, 0.6) is 0 Å². The Morgan fingerprint density at radius 2 is 1.65 bits per heavy atom. The zero-order chi connectivity index (χ0) is 16.8. The van der Waals surface area contributed by atoms with Gasteiger partial charge < -0.3 is 11.5 Å². The molecule has 2 aromatic carbocycles. The van der Waals surface area contributed by atoms with E-state index in [1.807, 2.05) is 19.1 Å². The zero-order valence-electron chi connectivity index (χ0n) is 12.7. The minimum atomic E-state index is -3.55. The van der Waals surface area contributed by atoms with E-state index in [0.717, 1.165) is 11.1 Å². The standard InChI is InChI=1S/C17H19ClN2O2S/c1-11-2-8-14(9-3-11)23(21,22)16-15(17(16,20)10-19)12-4-6-13(18)7-5-12/h2-9,15-16H,10,19-20H2,1H3/t15-,16-,17-/m1/s1. The second-order valence-corrected chi connectivity index (χ2v) is 8.63. The molecule has 3 rings (SSSR count). The van der Waals surface area contributed by atoms with Gasteiger partial charge in [0.2, 0.25) is 0 Å². The third-order valence-electron chi connectivity index (χ3n) is 4.57. The molecule has 0 spiro atoms. The van der Waals surface area contributed by atoms with Crippen molar-refractivity contribution in [3.8, 4) is 0 Å².